The molecule has 0 amide bonds. The van der Waals surface area contributed by atoms with Crippen LogP contribution in [0.15, 0.2) is 24.3 Å². The maximum atomic E-state index is 10.8. The molecule has 22 heavy (non-hydrogen) atoms. The minimum Gasteiger partial charge on any atom is -0.481 e. The van der Waals surface area contributed by atoms with Crippen molar-refractivity contribution in [2.75, 3.05) is 29.4 Å². The average Bonchev–Trinajstić information content (AvgIpc) is 2.48. The monoisotopic (exact) mass is 304 g/mol. The summed E-state index contributed by atoms with van der Waals surface area (Å²) in [4.78, 5) is 15.4. The molecule has 4 heteroatoms. The van der Waals surface area contributed by atoms with Crippen molar-refractivity contribution in [1.29, 1.82) is 0 Å². The van der Waals surface area contributed by atoms with Gasteiger partial charge in [0.1, 0.15) is 0 Å². The lowest BCUT2D eigenvalue weighted by atomic mass is 9.99. The fraction of sp³-hybridized carbons (Fsp3) is 0.611. The SMILES string of the molecule is CC1CCN(c2ccc(N(CCC(=O)O)C(C)C)cc2)CC1. The van der Waals surface area contributed by atoms with Gasteiger partial charge in [-0.25, -0.2) is 0 Å². The van der Waals surface area contributed by atoms with Crippen LogP contribution in [0.4, 0.5) is 11.4 Å². The van der Waals surface area contributed by atoms with E-state index in [2.05, 4.69) is 54.8 Å². The zero-order valence-corrected chi connectivity index (χ0v) is 14.0. The van der Waals surface area contributed by atoms with Crippen molar-refractivity contribution in [1.82, 2.24) is 0 Å². The summed E-state index contributed by atoms with van der Waals surface area (Å²) < 4.78 is 0. The highest BCUT2D eigenvalue weighted by atomic mass is 16.4. The highest BCUT2D eigenvalue weighted by Gasteiger charge is 2.17. The van der Waals surface area contributed by atoms with Crippen LogP contribution < -0.4 is 9.80 Å². The molecule has 0 saturated carbocycles. The molecular weight excluding hydrogens is 276 g/mol. The van der Waals surface area contributed by atoms with Crippen molar-refractivity contribution in [3.8, 4) is 0 Å². The molecule has 122 valence electrons. The molecule has 0 spiro atoms. The molecule has 1 aromatic rings. The zero-order valence-electron chi connectivity index (χ0n) is 14.0. The summed E-state index contributed by atoms with van der Waals surface area (Å²) in [7, 11) is 0. The molecule has 4 nitrogen and oxygen atoms in total. The molecule has 0 unspecified atom stereocenters. The lowest BCUT2D eigenvalue weighted by Gasteiger charge is -2.33. The Bertz CT molecular complexity index is 476. The molecule has 0 aromatic heterocycles. The van der Waals surface area contributed by atoms with Crippen molar-refractivity contribution in [2.24, 2.45) is 5.92 Å². The van der Waals surface area contributed by atoms with Crippen molar-refractivity contribution >= 4 is 17.3 Å². The topological polar surface area (TPSA) is 43.8 Å². The number of nitrogens with zero attached hydrogens (tertiary/aromatic N) is 2. The summed E-state index contributed by atoms with van der Waals surface area (Å²) in [5.74, 6) is 0.0904. The lowest BCUT2D eigenvalue weighted by Crippen LogP contribution is -2.34. The molecule has 1 aromatic carbocycles. The van der Waals surface area contributed by atoms with Gasteiger partial charge in [-0.1, -0.05) is 6.92 Å². The standard InChI is InChI=1S/C18H28N2O2/c1-14(2)20(13-10-18(21)22)17-6-4-16(5-7-17)19-11-8-15(3)9-12-19/h4-7,14-15H,8-13H2,1-3H3,(H,21,22). The fourth-order valence-electron chi connectivity index (χ4n) is 3.02. The predicted octanol–water partition coefficient (Wildman–Crippen LogP) is 3.61. The molecule has 1 N–H and O–H groups in total. The van der Waals surface area contributed by atoms with E-state index in [1.54, 1.807) is 0 Å². The first-order chi connectivity index (χ1) is 10.5. The van der Waals surface area contributed by atoms with Gasteiger partial charge < -0.3 is 14.9 Å². The van der Waals surface area contributed by atoms with Gasteiger partial charge in [0, 0.05) is 37.1 Å². The van der Waals surface area contributed by atoms with Crippen LogP contribution in [-0.2, 0) is 4.79 Å². The Morgan fingerprint density at radius 1 is 1.27 bits per heavy atom. The molecule has 0 bridgehead atoms. The van der Waals surface area contributed by atoms with Gasteiger partial charge in [0.2, 0.25) is 0 Å². The number of carboxylic acids is 1. The zero-order chi connectivity index (χ0) is 16.1. The Balaban J connectivity index is 2.04. The molecule has 0 atom stereocenters. The second-order valence-corrected chi connectivity index (χ2v) is 6.62. The van der Waals surface area contributed by atoms with Crippen LogP contribution in [0.3, 0.4) is 0 Å². The number of carbonyl (C=O) groups is 1. The van der Waals surface area contributed by atoms with Gasteiger partial charge >= 0.3 is 5.97 Å². The molecular formula is C18H28N2O2. The van der Waals surface area contributed by atoms with Gasteiger partial charge in [-0.15, -0.1) is 0 Å². The number of aliphatic carboxylic acids is 1. The van der Waals surface area contributed by atoms with E-state index < -0.39 is 5.97 Å². The first kappa shape index (κ1) is 16.7. The second kappa shape index (κ2) is 7.52. The predicted molar refractivity (Wildman–Crippen MR) is 91.8 cm³/mol. The third kappa shape index (κ3) is 4.39. The van der Waals surface area contributed by atoms with Crippen LogP contribution in [0.1, 0.15) is 40.0 Å². The second-order valence-electron chi connectivity index (χ2n) is 6.62. The van der Waals surface area contributed by atoms with E-state index in [0.29, 0.717) is 12.6 Å². The number of rotatable bonds is 6. The number of carboxylic acid groups (broad SMARTS) is 1. The third-order valence-corrected chi connectivity index (χ3v) is 4.52. The molecule has 1 heterocycles. The van der Waals surface area contributed by atoms with E-state index in [0.717, 1.165) is 24.7 Å². The maximum Gasteiger partial charge on any atom is 0.305 e. The average molecular weight is 304 g/mol. The summed E-state index contributed by atoms with van der Waals surface area (Å²) in [6.07, 6.45) is 2.70. The number of hydrogen-bond acceptors (Lipinski definition) is 3. The molecule has 1 fully saturated rings. The summed E-state index contributed by atoms with van der Waals surface area (Å²) in [6.45, 7) is 9.33. The van der Waals surface area contributed by atoms with Gasteiger partial charge in [0.15, 0.2) is 0 Å². The first-order valence-electron chi connectivity index (χ1n) is 8.31. The minimum absolute atomic E-state index is 0.171. The third-order valence-electron chi connectivity index (χ3n) is 4.52. The van der Waals surface area contributed by atoms with Gasteiger partial charge in [-0.05, 0) is 56.9 Å². The Labute approximate surface area is 133 Å². The maximum absolute atomic E-state index is 10.8. The molecule has 0 aliphatic carbocycles. The van der Waals surface area contributed by atoms with Crippen LogP contribution in [0.2, 0.25) is 0 Å². The Morgan fingerprint density at radius 3 is 2.36 bits per heavy atom. The highest BCUT2D eigenvalue weighted by Crippen LogP contribution is 2.26. The smallest absolute Gasteiger partial charge is 0.305 e. The van der Waals surface area contributed by atoms with Crippen LogP contribution in [0, 0.1) is 5.92 Å². The number of hydrogen-bond donors (Lipinski definition) is 1. The van der Waals surface area contributed by atoms with E-state index >= 15 is 0 Å². The van der Waals surface area contributed by atoms with Gasteiger partial charge in [0.05, 0.1) is 6.42 Å². The van der Waals surface area contributed by atoms with Gasteiger partial charge in [-0.3, -0.25) is 4.79 Å². The number of piperidine rings is 1. The first-order valence-corrected chi connectivity index (χ1v) is 8.31. The van der Waals surface area contributed by atoms with E-state index in [1.165, 1.54) is 18.5 Å². The molecule has 2 rings (SSSR count). The summed E-state index contributed by atoms with van der Waals surface area (Å²) in [5, 5.41) is 8.89. The summed E-state index contributed by atoms with van der Waals surface area (Å²) in [6, 6.07) is 8.87. The minimum atomic E-state index is -0.746. The largest absolute Gasteiger partial charge is 0.481 e. The Hall–Kier alpha value is -1.71. The van der Waals surface area contributed by atoms with Crippen LogP contribution in [0.5, 0.6) is 0 Å². The van der Waals surface area contributed by atoms with E-state index in [4.69, 9.17) is 5.11 Å². The molecule has 0 radical (unpaired) electrons. The van der Waals surface area contributed by atoms with Crippen LogP contribution >= 0.6 is 0 Å². The Morgan fingerprint density at radius 2 is 1.86 bits per heavy atom. The molecule has 1 aliphatic heterocycles. The highest BCUT2D eigenvalue weighted by molar-refractivity contribution is 5.68. The number of benzene rings is 1. The fourth-order valence-corrected chi connectivity index (χ4v) is 3.02. The normalized spacial score (nSPS) is 16.1. The van der Waals surface area contributed by atoms with E-state index in [1.807, 2.05) is 0 Å². The summed E-state index contributed by atoms with van der Waals surface area (Å²) in [5.41, 5.74) is 2.38. The number of anilines is 2. The van der Waals surface area contributed by atoms with Gasteiger partial charge in [-0.2, -0.15) is 0 Å². The van der Waals surface area contributed by atoms with E-state index in [-0.39, 0.29) is 6.42 Å². The van der Waals surface area contributed by atoms with Crippen molar-refractivity contribution < 1.29 is 9.90 Å². The van der Waals surface area contributed by atoms with Crippen LogP contribution in [-0.4, -0.2) is 36.8 Å². The lowest BCUT2D eigenvalue weighted by molar-refractivity contribution is -0.136. The molecule has 1 aliphatic rings. The van der Waals surface area contributed by atoms with E-state index in [9.17, 15) is 4.79 Å². The van der Waals surface area contributed by atoms with Crippen LogP contribution in [0.25, 0.3) is 0 Å². The molecule has 1 saturated heterocycles. The van der Waals surface area contributed by atoms with Crippen molar-refractivity contribution in [3.63, 3.8) is 0 Å². The quantitative estimate of drug-likeness (QED) is 0.872. The van der Waals surface area contributed by atoms with Gasteiger partial charge in [0.25, 0.3) is 0 Å². The Kier molecular flexibility index (Phi) is 5.69. The summed E-state index contributed by atoms with van der Waals surface area (Å²) >= 11 is 0. The van der Waals surface area contributed by atoms with Crippen molar-refractivity contribution in [3.05, 3.63) is 24.3 Å². The van der Waals surface area contributed by atoms with Crippen molar-refractivity contribution in [2.45, 2.75) is 46.1 Å².